The van der Waals surface area contributed by atoms with Crippen molar-refractivity contribution in [3.63, 3.8) is 0 Å². The molecule has 0 aliphatic heterocycles. The molecule has 0 amide bonds. The molecule has 5 heteroatoms. The second-order valence-corrected chi connectivity index (χ2v) is 5.40. The second-order valence-electron chi connectivity index (χ2n) is 4.55. The Hall–Kier alpha value is -1.30. The number of methoxy groups -OCH3 is 1. The molecular weight excluding hydrogens is 322 g/mol. The Labute approximate surface area is 126 Å². The summed E-state index contributed by atoms with van der Waals surface area (Å²) in [6.45, 7) is 2.47. The highest BCUT2D eigenvalue weighted by atomic mass is 79.9. The van der Waals surface area contributed by atoms with E-state index in [9.17, 15) is 5.11 Å². The van der Waals surface area contributed by atoms with Crippen LogP contribution in [0.1, 0.15) is 30.4 Å². The highest BCUT2D eigenvalue weighted by Crippen LogP contribution is 2.27. The van der Waals surface area contributed by atoms with Crippen molar-refractivity contribution in [1.29, 1.82) is 0 Å². The van der Waals surface area contributed by atoms with Crippen molar-refractivity contribution in [1.82, 2.24) is 5.32 Å². The SMILES string of the molecule is COc1ccc([C@H](C)NC[C@H](O)c2ccco2)c(Br)c1. The molecule has 2 aromatic rings. The molecule has 0 saturated carbocycles. The Morgan fingerprint density at radius 1 is 1.40 bits per heavy atom. The average molecular weight is 340 g/mol. The first-order chi connectivity index (χ1) is 9.61. The van der Waals surface area contributed by atoms with Gasteiger partial charge in [0.25, 0.3) is 0 Å². The summed E-state index contributed by atoms with van der Waals surface area (Å²) in [5.74, 6) is 1.38. The number of hydrogen-bond acceptors (Lipinski definition) is 4. The summed E-state index contributed by atoms with van der Waals surface area (Å²) in [7, 11) is 1.64. The summed E-state index contributed by atoms with van der Waals surface area (Å²) in [5, 5.41) is 13.3. The second kappa shape index (κ2) is 6.92. The van der Waals surface area contributed by atoms with Gasteiger partial charge in [-0.2, -0.15) is 0 Å². The van der Waals surface area contributed by atoms with Crippen molar-refractivity contribution in [3.05, 3.63) is 52.4 Å². The fraction of sp³-hybridized carbons (Fsp3) is 0.333. The number of nitrogens with one attached hydrogen (secondary N) is 1. The van der Waals surface area contributed by atoms with Gasteiger partial charge in [-0.05, 0) is 36.8 Å². The lowest BCUT2D eigenvalue weighted by atomic mass is 10.1. The minimum atomic E-state index is -0.649. The summed E-state index contributed by atoms with van der Waals surface area (Å²) < 4.78 is 11.3. The third-order valence-electron chi connectivity index (χ3n) is 3.16. The topological polar surface area (TPSA) is 54.6 Å². The van der Waals surface area contributed by atoms with Crippen LogP contribution in [0.5, 0.6) is 5.75 Å². The standard InChI is InChI=1S/C15H18BrNO3/c1-10(12-6-5-11(19-2)8-13(12)16)17-9-14(18)15-4-3-7-20-15/h3-8,10,14,17-18H,9H2,1-2H3/t10-,14-/m0/s1. The van der Waals surface area contributed by atoms with Crippen molar-refractivity contribution >= 4 is 15.9 Å². The first-order valence-corrected chi connectivity index (χ1v) is 7.19. The summed E-state index contributed by atoms with van der Waals surface area (Å²) in [4.78, 5) is 0. The molecule has 1 aromatic carbocycles. The molecule has 1 aromatic heterocycles. The highest BCUT2D eigenvalue weighted by Gasteiger charge is 2.14. The van der Waals surface area contributed by atoms with E-state index in [0.717, 1.165) is 15.8 Å². The summed E-state index contributed by atoms with van der Waals surface area (Å²) in [6, 6.07) is 9.47. The Morgan fingerprint density at radius 2 is 2.20 bits per heavy atom. The molecule has 2 rings (SSSR count). The van der Waals surface area contributed by atoms with Crippen LogP contribution in [0.2, 0.25) is 0 Å². The molecule has 0 bridgehead atoms. The molecule has 0 unspecified atom stereocenters. The van der Waals surface area contributed by atoms with Crippen LogP contribution in [-0.2, 0) is 0 Å². The maximum Gasteiger partial charge on any atom is 0.133 e. The number of ether oxygens (including phenoxy) is 1. The Morgan fingerprint density at radius 3 is 2.80 bits per heavy atom. The van der Waals surface area contributed by atoms with E-state index in [1.807, 2.05) is 25.1 Å². The van der Waals surface area contributed by atoms with Gasteiger partial charge in [0.2, 0.25) is 0 Å². The molecule has 2 atom stereocenters. The first kappa shape index (κ1) is 15.1. The van der Waals surface area contributed by atoms with Crippen molar-refractivity contribution < 1.29 is 14.3 Å². The molecule has 0 spiro atoms. The van der Waals surface area contributed by atoms with Crippen LogP contribution in [0.15, 0.2) is 45.5 Å². The number of hydrogen-bond donors (Lipinski definition) is 2. The molecule has 2 N–H and O–H groups in total. The van der Waals surface area contributed by atoms with Gasteiger partial charge < -0.3 is 19.6 Å². The number of furan rings is 1. The van der Waals surface area contributed by atoms with Gasteiger partial charge in [-0.25, -0.2) is 0 Å². The van der Waals surface area contributed by atoms with Gasteiger partial charge in [0.1, 0.15) is 17.6 Å². The molecular formula is C15H18BrNO3. The molecule has 0 fully saturated rings. The minimum absolute atomic E-state index is 0.0971. The van der Waals surface area contributed by atoms with Crippen LogP contribution >= 0.6 is 15.9 Å². The lowest BCUT2D eigenvalue weighted by Crippen LogP contribution is -2.24. The summed E-state index contributed by atoms with van der Waals surface area (Å²) in [6.07, 6.45) is 0.909. The van der Waals surface area contributed by atoms with Crippen LogP contribution in [0.25, 0.3) is 0 Å². The quantitative estimate of drug-likeness (QED) is 0.846. The third-order valence-corrected chi connectivity index (χ3v) is 3.85. The lowest BCUT2D eigenvalue weighted by Gasteiger charge is -2.18. The van der Waals surface area contributed by atoms with Gasteiger partial charge in [0.15, 0.2) is 0 Å². The average Bonchev–Trinajstić information content (AvgIpc) is 2.98. The van der Waals surface area contributed by atoms with E-state index in [2.05, 4.69) is 21.2 Å². The van der Waals surface area contributed by atoms with Gasteiger partial charge in [0, 0.05) is 17.1 Å². The number of aliphatic hydroxyl groups is 1. The number of halogens is 1. The largest absolute Gasteiger partial charge is 0.497 e. The van der Waals surface area contributed by atoms with Gasteiger partial charge >= 0.3 is 0 Å². The molecule has 20 heavy (non-hydrogen) atoms. The van der Waals surface area contributed by atoms with E-state index < -0.39 is 6.10 Å². The minimum Gasteiger partial charge on any atom is -0.497 e. The fourth-order valence-corrected chi connectivity index (χ4v) is 2.67. The molecule has 0 aliphatic carbocycles. The molecule has 0 saturated heterocycles. The molecule has 0 radical (unpaired) electrons. The van der Waals surface area contributed by atoms with Crippen LogP contribution in [0, 0.1) is 0 Å². The van der Waals surface area contributed by atoms with Gasteiger partial charge in [0.05, 0.1) is 13.4 Å². The van der Waals surface area contributed by atoms with E-state index in [1.54, 1.807) is 25.5 Å². The smallest absolute Gasteiger partial charge is 0.133 e. The van der Waals surface area contributed by atoms with Crippen molar-refractivity contribution in [2.24, 2.45) is 0 Å². The third kappa shape index (κ3) is 3.62. The van der Waals surface area contributed by atoms with Crippen LogP contribution in [-0.4, -0.2) is 18.8 Å². The summed E-state index contributed by atoms with van der Waals surface area (Å²) in [5.41, 5.74) is 1.11. The molecule has 0 aliphatic rings. The highest BCUT2D eigenvalue weighted by molar-refractivity contribution is 9.10. The number of benzene rings is 1. The zero-order chi connectivity index (χ0) is 14.5. The monoisotopic (exact) mass is 339 g/mol. The van der Waals surface area contributed by atoms with E-state index in [-0.39, 0.29) is 6.04 Å². The van der Waals surface area contributed by atoms with E-state index in [0.29, 0.717) is 12.3 Å². The zero-order valence-electron chi connectivity index (χ0n) is 11.5. The van der Waals surface area contributed by atoms with Crippen LogP contribution in [0.4, 0.5) is 0 Å². The van der Waals surface area contributed by atoms with E-state index in [4.69, 9.17) is 9.15 Å². The van der Waals surface area contributed by atoms with Crippen LogP contribution in [0.3, 0.4) is 0 Å². The van der Waals surface area contributed by atoms with Gasteiger partial charge in [-0.1, -0.05) is 22.0 Å². The maximum absolute atomic E-state index is 9.97. The number of aliphatic hydroxyl groups excluding tert-OH is 1. The first-order valence-electron chi connectivity index (χ1n) is 6.40. The zero-order valence-corrected chi connectivity index (χ0v) is 13.1. The maximum atomic E-state index is 9.97. The van der Waals surface area contributed by atoms with E-state index in [1.165, 1.54) is 0 Å². The Balaban J connectivity index is 1.96. The fourth-order valence-electron chi connectivity index (χ4n) is 1.97. The van der Waals surface area contributed by atoms with Crippen molar-refractivity contribution in [2.75, 3.05) is 13.7 Å². The van der Waals surface area contributed by atoms with Gasteiger partial charge in [-0.15, -0.1) is 0 Å². The predicted molar refractivity (Wildman–Crippen MR) is 80.8 cm³/mol. The predicted octanol–water partition coefficient (Wildman–Crippen LogP) is 3.43. The van der Waals surface area contributed by atoms with Crippen molar-refractivity contribution in [3.8, 4) is 5.75 Å². The van der Waals surface area contributed by atoms with E-state index >= 15 is 0 Å². The lowest BCUT2D eigenvalue weighted by molar-refractivity contribution is 0.144. The van der Waals surface area contributed by atoms with Crippen molar-refractivity contribution in [2.45, 2.75) is 19.1 Å². The number of rotatable bonds is 6. The normalized spacial score (nSPS) is 14.0. The summed E-state index contributed by atoms with van der Waals surface area (Å²) >= 11 is 3.53. The van der Waals surface area contributed by atoms with Gasteiger partial charge in [-0.3, -0.25) is 0 Å². The van der Waals surface area contributed by atoms with Crippen LogP contribution < -0.4 is 10.1 Å². The Bertz CT molecular complexity index is 542. The molecule has 1 heterocycles. The molecule has 108 valence electrons. The Kier molecular flexibility index (Phi) is 5.23. The molecule has 4 nitrogen and oxygen atoms in total.